The van der Waals surface area contributed by atoms with Crippen molar-refractivity contribution in [3.8, 4) is 5.75 Å². The van der Waals surface area contributed by atoms with E-state index in [0.29, 0.717) is 16.3 Å². The molecule has 0 aromatic heterocycles. The van der Waals surface area contributed by atoms with Gasteiger partial charge in [0.05, 0.1) is 24.8 Å². The summed E-state index contributed by atoms with van der Waals surface area (Å²) in [5.41, 5.74) is -0.215. The van der Waals surface area contributed by atoms with E-state index >= 15 is 0 Å². The summed E-state index contributed by atoms with van der Waals surface area (Å²) in [5.74, 6) is 0.204. The van der Waals surface area contributed by atoms with Crippen molar-refractivity contribution < 1.29 is 14.6 Å². The van der Waals surface area contributed by atoms with Gasteiger partial charge in [-0.25, -0.2) is 0 Å². The summed E-state index contributed by atoms with van der Waals surface area (Å²) in [6.07, 6.45) is 0. The van der Waals surface area contributed by atoms with E-state index in [9.17, 15) is 9.90 Å². The number of likely N-dealkylation sites (N-methyl/N-ethyl adjacent to an activating group) is 1. The molecule has 1 aromatic rings. The Balaban J connectivity index is 3.11. The monoisotopic (exact) mass is 271 g/mol. The second kappa shape index (κ2) is 5.59. The standard InChI is InChI=1S/C13H18ClNO3/c1-13(2,8-16)15(3)12(17)10-6-5-9(14)7-11(10)18-4/h5-7,16H,8H2,1-4H3. The van der Waals surface area contributed by atoms with Crippen molar-refractivity contribution in [2.24, 2.45) is 0 Å². The SMILES string of the molecule is COc1cc(Cl)ccc1C(=O)N(C)C(C)(C)CO. The third-order valence-electron chi connectivity index (χ3n) is 2.99. The molecule has 0 heterocycles. The molecule has 0 atom stereocenters. The van der Waals surface area contributed by atoms with Crippen molar-refractivity contribution in [3.63, 3.8) is 0 Å². The Kier molecular flexibility index (Phi) is 4.59. The van der Waals surface area contributed by atoms with Crippen LogP contribution in [0.15, 0.2) is 18.2 Å². The number of carbonyl (C=O) groups is 1. The maximum absolute atomic E-state index is 12.3. The molecule has 18 heavy (non-hydrogen) atoms. The highest BCUT2D eigenvalue weighted by Crippen LogP contribution is 2.26. The number of nitrogens with zero attached hydrogens (tertiary/aromatic N) is 1. The summed E-state index contributed by atoms with van der Waals surface area (Å²) in [6.45, 7) is 3.45. The third kappa shape index (κ3) is 2.94. The van der Waals surface area contributed by atoms with Crippen LogP contribution in [0.5, 0.6) is 5.75 Å². The molecule has 0 saturated carbocycles. The first-order valence-electron chi connectivity index (χ1n) is 5.56. The zero-order valence-corrected chi connectivity index (χ0v) is 11.8. The predicted octanol–water partition coefficient (Wildman–Crippen LogP) is 2.19. The fourth-order valence-corrected chi connectivity index (χ4v) is 1.57. The Morgan fingerprint density at radius 3 is 2.61 bits per heavy atom. The van der Waals surface area contributed by atoms with Gasteiger partial charge in [-0.05, 0) is 32.0 Å². The van der Waals surface area contributed by atoms with E-state index in [2.05, 4.69) is 0 Å². The van der Waals surface area contributed by atoms with Crippen LogP contribution in [0.1, 0.15) is 24.2 Å². The fourth-order valence-electron chi connectivity index (χ4n) is 1.40. The Hall–Kier alpha value is -1.26. The van der Waals surface area contributed by atoms with Crippen LogP contribution < -0.4 is 4.74 Å². The molecule has 5 heteroatoms. The second-order valence-corrected chi connectivity index (χ2v) is 5.12. The van der Waals surface area contributed by atoms with Gasteiger partial charge in [0, 0.05) is 12.1 Å². The number of carbonyl (C=O) groups excluding carboxylic acids is 1. The highest BCUT2D eigenvalue weighted by Gasteiger charge is 2.29. The van der Waals surface area contributed by atoms with Gasteiger partial charge in [0.2, 0.25) is 0 Å². The number of hydrogen-bond donors (Lipinski definition) is 1. The Morgan fingerprint density at radius 2 is 2.11 bits per heavy atom. The Morgan fingerprint density at radius 1 is 1.50 bits per heavy atom. The number of halogens is 1. The van der Waals surface area contributed by atoms with Gasteiger partial charge in [0.25, 0.3) is 5.91 Å². The molecular weight excluding hydrogens is 254 g/mol. The molecule has 1 rings (SSSR count). The molecule has 0 spiro atoms. The maximum atomic E-state index is 12.3. The van der Waals surface area contributed by atoms with Crippen LogP contribution >= 0.6 is 11.6 Å². The van der Waals surface area contributed by atoms with Gasteiger partial charge in [-0.2, -0.15) is 0 Å². The predicted molar refractivity (Wildman–Crippen MR) is 71.3 cm³/mol. The molecule has 1 amide bonds. The molecular formula is C13H18ClNO3. The molecule has 0 aliphatic carbocycles. The van der Waals surface area contributed by atoms with Crippen molar-refractivity contribution in [2.45, 2.75) is 19.4 Å². The van der Waals surface area contributed by atoms with Gasteiger partial charge in [-0.1, -0.05) is 11.6 Å². The van der Waals surface area contributed by atoms with E-state index in [4.69, 9.17) is 16.3 Å². The summed E-state index contributed by atoms with van der Waals surface area (Å²) >= 11 is 5.85. The van der Waals surface area contributed by atoms with Crippen molar-refractivity contribution in [1.82, 2.24) is 4.90 Å². The van der Waals surface area contributed by atoms with Crippen LogP contribution in [0.25, 0.3) is 0 Å². The summed E-state index contributed by atoms with van der Waals surface area (Å²) in [5, 5.41) is 9.79. The molecule has 1 N–H and O–H groups in total. The van der Waals surface area contributed by atoms with Crippen molar-refractivity contribution in [2.75, 3.05) is 20.8 Å². The number of benzene rings is 1. The normalized spacial score (nSPS) is 11.2. The number of aliphatic hydroxyl groups is 1. The molecule has 0 saturated heterocycles. The average molecular weight is 272 g/mol. The highest BCUT2D eigenvalue weighted by atomic mass is 35.5. The lowest BCUT2D eigenvalue weighted by atomic mass is 10.0. The van der Waals surface area contributed by atoms with Gasteiger partial charge in [-0.3, -0.25) is 4.79 Å². The number of amides is 1. The van der Waals surface area contributed by atoms with Gasteiger partial charge in [0.15, 0.2) is 0 Å². The zero-order valence-electron chi connectivity index (χ0n) is 11.0. The molecule has 0 unspecified atom stereocenters. The number of rotatable bonds is 4. The first-order valence-corrected chi connectivity index (χ1v) is 5.94. The molecule has 1 aromatic carbocycles. The molecule has 0 radical (unpaired) electrons. The summed E-state index contributed by atoms with van der Waals surface area (Å²) in [7, 11) is 3.13. The quantitative estimate of drug-likeness (QED) is 0.913. The third-order valence-corrected chi connectivity index (χ3v) is 3.23. The lowest BCUT2D eigenvalue weighted by molar-refractivity contribution is 0.0470. The van der Waals surface area contributed by atoms with E-state index in [-0.39, 0.29) is 12.5 Å². The summed E-state index contributed by atoms with van der Waals surface area (Å²) in [6, 6.07) is 4.85. The van der Waals surface area contributed by atoms with Crippen LogP contribution in [-0.4, -0.2) is 42.2 Å². The first-order chi connectivity index (χ1) is 8.33. The molecule has 0 bridgehead atoms. The van der Waals surface area contributed by atoms with E-state index in [1.165, 1.54) is 12.0 Å². The number of aliphatic hydroxyl groups excluding tert-OH is 1. The minimum absolute atomic E-state index is 0.120. The first kappa shape index (κ1) is 14.8. The van der Waals surface area contributed by atoms with E-state index < -0.39 is 5.54 Å². The zero-order chi connectivity index (χ0) is 13.9. The molecule has 0 aliphatic heterocycles. The van der Waals surface area contributed by atoms with Gasteiger partial charge in [-0.15, -0.1) is 0 Å². The van der Waals surface area contributed by atoms with Crippen LogP contribution in [0.3, 0.4) is 0 Å². The number of hydrogen-bond acceptors (Lipinski definition) is 3. The van der Waals surface area contributed by atoms with E-state index in [1.54, 1.807) is 39.1 Å². The van der Waals surface area contributed by atoms with Gasteiger partial charge in [0.1, 0.15) is 5.75 Å². The molecule has 4 nitrogen and oxygen atoms in total. The lowest BCUT2D eigenvalue weighted by Crippen LogP contribution is -2.47. The second-order valence-electron chi connectivity index (χ2n) is 4.68. The van der Waals surface area contributed by atoms with E-state index in [0.717, 1.165) is 0 Å². The molecule has 0 fully saturated rings. The van der Waals surface area contributed by atoms with Crippen LogP contribution in [-0.2, 0) is 0 Å². The average Bonchev–Trinajstić information content (AvgIpc) is 2.36. The van der Waals surface area contributed by atoms with Crippen LogP contribution in [0.2, 0.25) is 5.02 Å². The minimum atomic E-state index is -0.637. The topological polar surface area (TPSA) is 49.8 Å². The number of ether oxygens (including phenoxy) is 1. The smallest absolute Gasteiger partial charge is 0.257 e. The highest BCUT2D eigenvalue weighted by molar-refractivity contribution is 6.30. The lowest BCUT2D eigenvalue weighted by Gasteiger charge is -2.34. The Labute approximate surface area is 112 Å². The largest absolute Gasteiger partial charge is 0.496 e. The van der Waals surface area contributed by atoms with Gasteiger partial charge < -0.3 is 14.7 Å². The fraction of sp³-hybridized carbons (Fsp3) is 0.462. The number of methoxy groups -OCH3 is 1. The maximum Gasteiger partial charge on any atom is 0.257 e. The van der Waals surface area contributed by atoms with Crippen molar-refractivity contribution in [1.29, 1.82) is 0 Å². The van der Waals surface area contributed by atoms with Crippen LogP contribution in [0, 0.1) is 0 Å². The minimum Gasteiger partial charge on any atom is -0.496 e. The van der Waals surface area contributed by atoms with Crippen LogP contribution in [0.4, 0.5) is 0 Å². The molecule has 100 valence electrons. The van der Waals surface area contributed by atoms with Crippen molar-refractivity contribution in [3.05, 3.63) is 28.8 Å². The van der Waals surface area contributed by atoms with E-state index in [1.807, 2.05) is 0 Å². The van der Waals surface area contributed by atoms with Crippen molar-refractivity contribution >= 4 is 17.5 Å². The summed E-state index contributed by atoms with van der Waals surface area (Å²) in [4.78, 5) is 13.8. The van der Waals surface area contributed by atoms with Gasteiger partial charge >= 0.3 is 0 Å². The summed E-state index contributed by atoms with van der Waals surface area (Å²) < 4.78 is 5.15. The molecule has 0 aliphatic rings. The Bertz CT molecular complexity index is 446.